The van der Waals surface area contributed by atoms with Crippen LogP contribution in [0.25, 0.3) is 11.1 Å². The number of aromatic amines is 1. The molecule has 0 saturated carbocycles. The number of carbonyl (C=O) groups excluding carboxylic acids is 2. The Kier molecular flexibility index (Phi) is 4.37. The molecule has 3 aromatic rings. The normalized spacial score (nSPS) is 12.7. The fourth-order valence-corrected chi connectivity index (χ4v) is 2.83. The summed E-state index contributed by atoms with van der Waals surface area (Å²) in [7, 11) is 0. The van der Waals surface area contributed by atoms with Crippen molar-refractivity contribution in [3.63, 3.8) is 0 Å². The highest BCUT2D eigenvalue weighted by Gasteiger charge is 2.16. The lowest BCUT2D eigenvalue weighted by Crippen LogP contribution is -2.16. The molecule has 0 radical (unpaired) electrons. The van der Waals surface area contributed by atoms with Crippen molar-refractivity contribution in [2.75, 3.05) is 18.5 Å². The maximum atomic E-state index is 12.3. The van der Waals surface area contributed by atoms with Gasteiger partial charge >= 0.3 is 5.76 Å². The number of H-pyrrole nitrogens is 1. The van der Waals surface area contributed by atoms with Crippen molar-refractivity contribution in [3.8, 4) is 11.5 Å². The van der Waals surface area contributed by atoms with Gasteiger partial charge in [0, 0.05) is 30.2 Å². The van der Waals surface area contributed by atoms with E-state index >= 15 is 0 Å². The SMILES string of the molecule is O=C(CCC(=O)c1ccc2c(c1)OCCO2)Nc1ccc2[nH]c(=O)oc2c1. The standard InChI is InChI=1S/C19H16N2O6/c22-14(11-1-5-15-17(9-11)26-8-7-25-15)4-6-18(23)20-12-2-3-13-16(10-12)27-19(24)21-13/h1-3,5,9-10H,4,6-8H2,(H,20,23)(H,21,24). The molecule has 1 amide bonds. The highest BCUT2D eigenvalue weighted by Crippen LogP contribution is 2.31. The summed E-state index contributed by atoms with van der Waals surface area (Å²) in [6.45, 7) is 0.928. The molecule has 0 fully saturated rings. The van der Waals surface area contributed by atoms with E-state index in [2.05, 4.69) is 10.3 Å². The number of oxazole rings is 1. The first-order valence-corrected chi connectivity index (χ1v) is 8.44. The van der Waals surface area contributed by atoms with E-state index in [0.717, 1.165) is 0 Å². The van der Waals surface area contributed by atoms with Crippen molar-refractivity contribution in [2.45, 2.75) is 12.8 Å². The lowest BCUT2D eigenvalue weighted by atomic mass is 10.1. The topological polar surface area (TPSA) is 111 Å². The highest BCUT2D eigenvalue weighted by molar-refractivity contribution is 6.00. The minimum Gasteiger partial charge on any atom is -0.486 e. The predicted molar refractivity (Wildman–Crippen MR) is 96.5 cm³/mol. The van der Waals surface area contributed by atoms with E-state index in [1.54, 1.807) is 36.4 Å². The van der Waals surface area contributed by atoms with Gasteiger partial charge in [0.15, 0.2) is 22.9 Å². The number of anilines is 1. The van der Waals surface area contributed by atoms with Crippen LogP contribution in [-0.4, -0.2) is 29.9 Å². The maximum absolute atomic E-state index is 12.3. The first-order chi connectivity index (χ1) is 13.1. The van der Waals surface area contributed by atoms with Gasteiger partial charge in [-0.3, -0.25) is 14.6 Å². The molecule has 27 heavy (non-hydrogen) atoms. The van der Waals surface area contributed by atoms with Gasteiger partial charge in [-0.05, 0) is 30.3 Å². The zero-order chi connectivity index (χ0) is 18.8. The number of ether oxygens (including phenoxy) is 2. The summed E-state index contributed by atoms with van der Waals surface area (Å²) in [5.41, 5.74) is 1.86. The lowest BCUT2D eigenvalue weighted by molar-refractivity contribution is -0.116. The maximum Gasteiger partial charge on any atom is 0.417 e. The lowest BCUT2D eigenvalue weighted by Gasteiger charge is -2.18. The van der Waals surface area contributed by atoms with Crippen LogP contribution in [0.5, 0.6) is 11.5 Å². The number of amides is 1. The molecule has 1 aromatic heterocycles. The Morgan fingerprint density at radius 2 is 1.81 bits per heavy atom. The van der Waals surface area contributed by atoms with Crippen LogP contribution in [0.3, 0.4) is 0 Å². The van der Waals surface area contributed by atoms with Gasteiger partial charge in [-0.2, -0.15) is 0 Å². The van der Waals surface area contributed by atoms with Crippen molar-refractivity contribution < 1.29 is 23.5 Å². The monoisotopic (exact) mass is 368 g/mol. The van der Waals surface area contributed by atoms with Crippen LogP contribution in [0.4, 0.5) is 5.69 Å². The Labute approximate surface area is 153 Å². The number of benzene rings is 2. The molecule has 8 heteroatoms. The van der Waals surface area contributed by atoms with E-state index < -0.39 is 5.76 Å². The molecule has 0 spiro atoms. The third-order valence-corrected chi connectivity index (χ3v) is 4.15. The second-order valence-electron chi connectivity index (χ2n) is 6.06. The number of ketones is 1. The number of hydrogen-bond acceptors (Lipinski definition) is 6. The van der Waals surface area contributed by atoms with Crippen LogP contribution >= 0.6 is 0 Å². The Morgan fingerprint density at radius 1 is 1.00 bits per heavy atom. The molecule has 2 aromatic carbocycles. The van der Waals surface area contributed by atoms with Gasteiger partial charge in [-0.25, -0.2) is 4.79 Å². The Bertz CT molecular complexity index is 1080. The largest absolute Gasteiger partial charge is 0.486 e. The van der Waals surface area contributed by atoms with E-state index in [0.29, 0.717) is 47.1 Å². The van der Waals surface area contributed by atoms with E-state index in [9.17, 15) is 14.4 Å². The fraction of sp³-hybridized carbons (Fsp3) is 0.211. The van der Waals surface area contributed by atoms with Crippen molar-refractivity contribution in [3.05, 3.63) is 52.5 Å². The molecule has 138 valence electrons. The number of rotatable bonds is 5. The molecular formula is C19H16N2O6. The first-order valence-electron chi connectivity index (χ1n) is 8.44. The smallest absolute Gasteiger partial charge is 0.417 e. The molecule has 2 N–H and O–H groups in total. The highest BCUT2D eigenvalue weighted by atomic mass is 16.6. The summed E-state index contributed by atoms with van der Waals surface area (Å²) in [4.78, 5) is 38.1. The Morgan fingerprint density at radius 3 is 2.67 bits per heavy atom. The van der Waals surface area contributed by atoms with E-state index in [1.807, 2.05) is 0 Å². The van der Waals surface area contributed by atoms with Gasteiger partial charge in [0.1, 0.15) is 13.2 Å². The van der Waals surface area contributed by atoms with Crippen molar-refractivity contribution in [1.29, 1.82) is 0 Å². The average molecular weight is 368 g/mol. The molecule has 1 aliphatic heterocycles. The van der Waals surface area contributed by atoms with Gasteiger partial charge in [-0.1, -0.05) is 0 Å². The quantitative estimate of drug-likeness (QED) is 0.670. The van der Waals surface area contributed by atoms with Gasteiger partial charge in [0.05, 0.1) is 5.52 Å². The zero-order valence-corrected chi connectivity index (χ0v) is 14.2. The predicted octanol–water partition coefficient (Wildman–Crippen LogP) is 2.49. The van der Waals surface area contributed by atoms with Gasteiger partial charge < -0.3 is 19.2 Å². The van der Waals surface area contributed by atoms with Crippen molar-refractivity contribution in [2.24, 2.45) is 0 Å². The van der Waals surface area contributed by atoms with E-state index in [-0.39, 0.29) is 24.5 Å². The summed E-state index contributed by atoms with van der Waals surface area (Å²) < 4.78 is 15.8. The van der Waals surface area contributed by atoms with Gasteiger partial charge in [0.2, 0.25) is 5.91 Å². The van der Waals surface area contributed by atoms with Crippen molar-refractivity contribution in [1.82, 2.24) is 4.98 Å². The number of hydrogen-bond donors (Lipinski definition) is 2. The summed E-state index contributed by atoms with van der Waals surface area (Å²) >= 11 is 0. The minimum atomic E-state index is -0.557. The van der Waals surface area contributed by atoms with Crippen LogP contribution in [0, 0.1) is 0 Å². The Balaban J connectivity index is 1.36. The fourth-order valence-electron chi connectivity index (χ4n) is 2.83. The van der Waals surface area contributed by atoms with Gasteiger partial charge in [-0.15, -0.1) is 0 Å². The number of Topliss-reactive ketones (excluding diaryl/α,β-unsaturated/α-hetero) is 1. The average Bonchev–Trinajstić information content (AvgIpc) is 3.05. The zero-order valence-electron chi connectivity index (χ0n) is 14.2. The Hall–Kier alpha value is -3.55. The molecule has 0 aliphatic carbocycles. The number of carbonyl (C=O) groups is 2. The van der Waals surface area contributed by atoms with Crippen molar-refractivity contribution >= 4 is 28.5 Å². The minimum absolute atomic E-state index is 0.0302. The van der Waals surface area contributed by atoms with Crippen LogP contribution in [0.15, 0.2) is 45.6 Å². The molecule has 0 bridgehead atoms. The molecule has 4 rings (SSSR count). The van der Waals surface area contributed by atoms with Crippen LogP contribution in [-0.2, 0) is 4.79 Å². The molecule has 0 saturated heterocycles. The van der Waals surface area contributed by atoms with Crippen LogP contribution in [0.2, 0.25) is 0 Å². The first kappa shape index (κ1) is 16.9. The van der Waals surface area contributed by atoms with E-state index in [1.165, 1.54) is 0 Å². The summed E-state index contributed by atoms with van der Waals surface area (Å²) in [5, 5.41) is 2.69. The van der Waals surface area contributed by atoms with E-state index in [4.69, 9.17) is 13.9 Å². The molecule has 0 unspecified atom stereocenters. The van der Waals surface area contributed by atoms with Crippen LogP contribution in [0.1, 0.15) is 23.2 Å². The molecular weight excluding hydrogens is 352 g/mol. The second kappa shape index (κ2) is 6.99. The third-order valence-electron chi connectivity index (χ3n) is 4.15. The number of nitrogens with one attached hydrogen (secondary N) is 2. The molecule has 2 heterocycles. The third kappa shape index (κ3) is 3.69. The van der Waals surface area contributed by atoms with Gasteiger partial charge in [0.25, 0.3) is 0 Å². The second-order valence-corrected chi connectivity index (χ2v) is 6.06. The molecule has 1 aliphatic rings. The molecule has 8 nitrogen and oxygen atoms in total. The number of aromatic nitrogens is 1. The molecule has 0 atom stereocenters. The van der Waals surface area contributed by atoms with Crippen LogP contribution < -0.4 is 20.5 Å². The summed E-state index contributed by atoms with van der Waals surface area (Å²) in [5.74, 6) is 0.131. The number of fused-ring (bicyclic) bond motifs is 2. The summed E-state index contributed by atoms with van der Waals surface area (Å²) in [6.07, 6.45) is 0.0926. The summed E-state index contributed by atoms with van der Waals surface area (Å²) in [6, 6.07) is 9.83.